The second-order valence-corrected chi connectivity index (χ2v) is 3.96. The molecule has 0 spiro atoms. The van der Waals surface area contributed by atoms with Crippen molar-refractivity contribution < 1.29 is 49.7 Å². The predicted octanol–water partition coefficient (Wildman–Crippen LogP) is 7.34. The molecule has 0 aromatic rings. The summed E-state index contributed by atoms with van der Waals surface area (Å²) in [5.41, 5.74) is 0. The van der Waals surface area contributed by atoms with Crippen LogP contribution in [0.1, 0.15) is 162 Å². The lowest BCUT2D eigenvalue weighted by atomic mass is 10.0. The average Bonchev–Trinajstić information content (AvgIpc) is 2.99. The third kappa shape index (κ3) is 13.0. The van der Waals surface area contributed by atoms with Crippen molar-refractivity contribution in [2.24, 2.45) is 0 Å². The monoisotopic (exact) mass is 360 g/mol. The van der Waals surface area contributed by atoms with E-state index in [9.17, 15) is 0 Å². The molecule has 0 radical (unpaired) electrons. The first-order valence-corrected chi connectivity index (χ1v) is 7.04. The second-order valence-electron chi connectivity index (χ2n) is 3.96. The van der Waals surface area contributed by atoms with E-state index in [1.807, 2.05) is 0 Å². The number of quaternary nitrogens is 1. The zero-order valence-corrected chi connectivity index (χ0v) is 13.6. The lowest BCUT2D eigenvalue weighted by Gasteiger charge is -2.35. The Morgan fingerprint density at radius 2 is 0.913 bits per heavy atom. The molecule has 0 rings (SSSR count). The molecule has 0 aromatic carbocycles. The van der Waals surface area contributed by atoms with Crippen LogP contribution in [-0.2, 0) is 0 Å². The van der Waals surface area contributed by atoms with Gasteiger partial charge in [0.15, 0.2) is 0 Å². The Morgan fingerprint density at radius 1 is 0.565 bits per heavy atom. The molecule has 1 heteroatoms. The fourth-order valence-corrected chi connectivity index (χ4v) is 1.43. The fraction of sp³-hybridized carbons (Fsp3) is 1.00. The average molecular weight is 360 g/mol. The third-order valence-corrected chi connectivity index (χ3v) is 2.92. The number of hydrogen-bond acceptors (Lipinski definition) is 0. The normalized spacial score (nSPS) is 43.2. The Labute approximate surface area is 195 Å². The maximum atomic E-state index is 8.61. The summed E-state index contributed by atoms with van der Waals surface area (Å²) in [5, 5.41) is 0. The predicted molar refractivity (Wildman–Crippen MR) is 107 cm³/mol. The molecule has 0 aliphatic rings. The van der Waals surface area contributed by atoms with E-state index in [0.29, 0.717) is 0 Å². The van der Waals surface area contributed by atoms with Crippen LogP contribution in [0.15, 0.2) is 0 Å². The van der Waals surface area contributed by atoms with Crippen LogP contribution in [-0.4, -0.2) is 30.6 Å². The Kier molecular flexibility index (Phi) is 2.68. The van der Waals surface area contributed by atoms with Gasteiger partial charge in [0.05, 0.1) is 28.9 Å². The molecule has 0 saturated carbocycles. The molecule has 23 heavy (non-hydrogen) atoms. The van der Waals surface area contributed by atoms with Crippen LogP contribution in [0.25, 0.3) is 0 Å². The van der Waals surface area contributed by atoms with Crippen LogP contribution in [0.2, 0.25) is 0 Å². The van der Waals surface area contributed by atoms with Crippen molar-refractivity contribution in [3.63, 3.8) is 0 Å². The molecule has 0 N–H and O–H groups in total. The van der Waals surface area contributed by atoms with Gasteiger partial charge < -0.3 is 4.48 Å². The van der Waals surface area contributed by atoms with Gasteiger partial charge in [0.1, 0.15) is 0 Å². The van der Waals surface area contributed by atoms with Crippen LogP contribution < -0.4 is 0 Å². The van der Waals surface area contributed by atoms with Crippen molar-refractivity contribution in [3.8, 4) is 0 Å². The van der Waals surface area contributed by atoms with Gasteiger partial charge in [0.2, 0.25) is 0 Å². The highest BCUT2D eigenvalue weighted by molar-refractivity contribution is 4.50. The molecule has 0 fully saturated rings. The van der Waals surface area contributed by atoms with Crippen molar-refractivity contribution >= 4 is 0 Å². The zero-order valence-electron chi connectivity index (χ0n) is 46.6. The molecule has 0 aliphatic carbocycles. The third-order valence-electron chi connectivity index (χ3n) is 2.92. The van der Waals surface area contributed by atoms with Gasteiger partial charge in [0.25, 0.3) is 0 Å². The van der Waals surface area contributed by atoms with Crippen LogP contribution in [0.5, 0.6) is 0 Å². The van der Waals surface area contributed by atoms with E-state index >= 15 is 0 Å². The summed E-state index contributed by atoms with van der Waals surface area (Å²) in [4.78, 5) is 0. The van der Waals surface area contributed by atoms with E-state index in [1.54, 1.807) is 0 Å². The molecule has 0 atom stereocenters. The van der Waals surface area contributed by atoms with Gasteiger partial charge in [-0.25, -0.2) is 0 Å². The Balaban J connectivity index is 7.85. The molecule has 0 heterocycles. The van der Waals surface area contributed by atoms with Crippen LogP contribution >= 0.6 is 0 Å². The molecule has 0 aromatic heterocycles. The number of hydrogen-bond donors (Lipinski definition) is 0. The Hall–Kier alpha value is -0.0400. The summed E-state index contributed by atoms with van der Waals surface area (Å²) >= 11 is 0. The second kappa shape index (κ2) is 16.8. The summed E-state index contributed by atoms with van der Waals surface area (Å²) in [6.45, 7) is -4.16. The van der Waals surface area contributed by atoms with E-state index in [1.165, 1.54) is 20.8 Å². The van der Waals surface area contributed by atoms with E-state index in [-0.39, 0.29) is 19.6 Å². The molecular formula is C22H48N+. The topological polar surface area (TPSA) is 0 Å². The van der Waals surface area contributed by atoms with E-state index in [0.717, 1.165) is 0 Å². The van der Waals surface area contributed by atoms with Gasteiger partial charge in [-0.3, -0.25) is 0 Å². The van der Waals surface area contributed by atoms with Crippen molar-refractivity contribution in [3.05, 3.63) is 0 Å². The molecule has 0 saturated heterocycles. The van der Waals surface area contributed by atoms with Crippen molar-refractivity contribution in [2.45, 2.75) is 117 Å². The van der Waals surface area contributed by atoms with E-state index in [2.05, 4.69) is 0 Å². The van der Waals surface area contributed by atoms with E-state index < -0.39 is 107 Å². The van der Waals surface area contributed by atoms with Gasteiger partial charge in [-0.05, 0) is 33.5 Å². The summed E-state index contributed by atoms with van der Waals surface area (Å²) in [7, 11) is 0. The molecule has 0 bridgehead atoms. The van der Waals surface area contributed by atoms with Crippen LogP contribution in [0, 0.1) is 0 Å². The first kappa shape index (κ1) is 3.67. The lowest BCUT2D eigenvalue weighted by Crippen LogP contribution is -2.48. The lowest BCUT2D eigenvalue weighted by molar-refractivity contribution is -0.923. The minimum Gasteiger partial charge on any atom is -0.324 e. The minimum absolute atomic E-state index is 0.240. The van der Waals surface area contributed by atoms with Crippen LogP contribution in [0.3, 0.4) is 0 Å². The number of rotatable bonds is 18. The highest BCUT2D eigenvalue weighted by atomic mass is 15.3. The van der Waals surface area contributed by atoms with Gasteiger partial charge in [0, 0.05) is 42.5 Å². The quantitative estimate of drug-likeness (QED) is 0.224. The standard InChI is InChI=1S/C22H48N/c1-5-9-10-11-12-13-14-15-16-17-18-19-20-21-22-23(6-2,7-3)8-4/h5-22H2,1-4H3/q+1/i1D3,5D2,9D2,10D2,11D2,12D2,13D2,14D2,15D2,16D2,17D2,18D2,19D2,20D2,21D2,22D2. The van der Waals surface area contributed by atoms with Crippen LogP contribution in [0.4, 0.5) is 0 Å². The molecule has 0 aliphatic heterocycles. The van der Waals surface area contributed by atoms with Gasteiger partial charge in [-0.15, -0.1) is 0 Å². The molecule has 0 amide bonds. The molecular weight excluding hydrogens is 278 g/mol. The molecule has 0 unspecified atom stereocenters. The first-order valence-electron chi connectivity index (χ1n) is 23.5. The highest BCUT2D eigenvalue weighted by Crippen LogP contribution is 2.14. The largest absolute Gasteiger partial charge is 0.324 e. The van der Waals surface area contributed by atoms with Gasteiger partial charge in [-0.1, -0.05) is 83.3 Å². The van der Waals surface area contributed by atoms with E-state index in [4.69, 9.17) is 45.2 Å². The van der Waals surface area contributed by atoms with Crippen molar-refractivity contribution in [2.75, 3.05) is 26.1 Å². The summed E-state index contributed by atoms with van der Waals surface area (Å²) in [6.07, 6.45) is -67.7. The highest BCUT2D eigenvalue weighted by Gasteiger charge is 2.19. The first-order chi connectivity index (χ1) is 23.7. The maximum Gasteiger partial charge on any atom is 0.0924 e. The smallest absolute Gasteiger partial charge is 0.0924 e. The molecule has 140 valence electrons. The zero-order chi connectivity index (χ0) is 46.6. The van der Waals surface area contributed by atoms with Gasteiger partial charge in [-0.2, -0.15) is 0 Å². The van der Waals surface area contributed by atoms with Crippen molar-refractivity contribution in [1.82, 2.24) is 0 Å². The fourth-order valence-electron chi connectivity index (χ4n) is 1.43. The Bertz CT molecular complexity index is 1300. The number of nitrogens with zero attached hydrogens (tertiary/aromatic N) is 1. The van der Waals surface area contributed by atoms with Gasteiger partial charge >= 0.3 is 0 Å². The SMILES string of the molecule is [2H]C([2H])([2H])C([2H])([2H])C([2H])([2H])C([2H])([2H])C([2H])([2H])C([2H])([2H])C([2H])([2H])C([2H])([2H])C([2H])([2H])C([2H])([2H])C([2H])([2H])C([2H])([2H])C([2H])([2H])C([2H])([2H])C([2H])([2H])C([2H])([2H])[N+](CC)(CC)CC. The maximum absolute atomic E-state index is 8.61. The van der Waals surface area contributed by atoms with Crippen molar-refractivity contribution in [1.29, 1.82) is 0 Å². The Morgan fingerprint density at radius 3 is 1.26 bits per heavy atom. The summed E-state index contributed by atoms with van der Waals surface area (Å²) < 4.78 is 269. The molecule has 1 nitrogen and oxygen atoms in total. The summed E-state index contributed by atoms with van der Waals surface area (Å²) in [6, 6.07) is 0. The summed E-state index contributed by atoms with van der Waals surface area (Å²) in [5.74, 6) is 0. The minimum atomic E-state index is -5.12.